The molecule has 4 heterocycles. The Morgan fingerprint density at radius 3 is 2.58 bits per heavy atom. The summed E-state index contributed by atoms with van der Waals surface area (Å²) in [7, 11) is -3.49. The van der Waals surface area contributed by atoms with Gasteiger partial charge in [-0.05, 0) is 87.2 Å². The second-order valence-electron chi connectivity index (χ2n) is 10.3. The molecule has 1 aliphatic rings. The number of aromatic nitrogens is 4. The zero-order valence-corrected chi connectivity index (χ0v) is 22.6. The highest BCUT2D eigenvalue weighted by Gasteiger charge is 2.21. The van der Waals surface area contributed by atoms with Crippen LogP contribution in [0.1, 0.15) is 49.7 Å². The van der Waals surface area contributed by atoms with Crippen molar-refractivity contribution in [2.75, 3.05) is 18.4 Å². The van der Waals surface area contributed by atoms with Gasteiger partial charge < -0.3 is 5.32 Å². The van der Waals surface area contributed by atoms with Crippen molar-refractivity contribution in [3.63, 3.8) is 0 Å². The molecule has 0 saturated carbocycles. The fourth-order valence-corrected chi connectivity index (χ4v) is 5.57. The summed E-state index contributed by atoms with van der Waals surface area (Å²) in [5, 5.41) is 9.99. The highest BCUT2D eigenvalue weighted by molar-refractivity contribution is 7.91. The van der Waals surface area contributed by atoms with E-state index in [-0.39, 0.29) is 10.7 Å². The molecule has 1 amide bonds. The zero-order valence-electron chi connectivity index (χ0n) is 21.8. The van der Waals surface area contributed by atoms with Crippen LogP contribution < -0.4 is 5.32 Å². The van der Waals surface area contributed by atoms with E-state index in [1.807, 2.05) is 30.6 Å². The molecule has 1 fully saturated rings. The van der Waals surface area contributed by atoms with Gasteiger partial charge in [-0.15, -0.1) is 0 Å². The minimum absolute atomic E-state index is 0.0222. The molecule has 0 atom stereocenters. The van der Waals surface area contributed by atoms with Crippen molar-refractivity contribution in [3.8, 4) is 11.1 Å². The zero-order chi connectivity index (χ0) is 26.9. The first-order chi connectivity index (χ1) is 18.2. The Morgan fingerprint density at radius 2 is 1.87 bits per heavy atom. The Kier molecular flexibility index (Phi) is 7.27. The number of hydrogen-bond acceptors (Lipinski definition) is 7. The smallest absolute Gasteiger partial charge is 0.276 e. The third kappa shape index (κ3) is 5.46. The Balaban J connectivity index is 1.35. The molecule has 10 heteroatoms. The summed E-state index contributed by atoms with van der Waals surface area (Å²) in [4.78, 5) is 24.1. The second-order valence-corrected chi connectivity index (χ2v) is 12.8. The van der Waals surface area contributed by atoms with Crippen molar-refractivity contribution < 1.29 is 13.2 Å². The molecule has 0 bridgehead atoms. The molecular formula is C28H32N6O3S. The number of hydrogen-bond donors (Lipinski definition) is 2. The molecule has 38 heavy (non-hydrogen) atoms. The van der Waals surface area contributed by atoms with Crippen LogP contribution >= 0.6 is 0 Å². The largest absolute Gasteiger partial charge is 0.319 e. The van der Waals surface area contributed by atoms with Crippen molar-refractivity contribution in [1.82, 2.24) is 25.1 Å². The van der Waals surface area contributed by atoms with Crippen LogP contribution in [0.15, 0.2) is 60.0 Å². The second kappa shape index (κ2) is 10.6. The van der Waals surface area contributed by atoms with Gasteiger partial charge in [0.2, 0.25) is 0 Å². The first kappa shape index (κ1) is 26.0. The normalized spacial score (nSPS) is 15.3. The summed E-state index contributed by atoms with van der Waals surface area (Å²) >= 11 is 0. The number of rotatable bonds is 7. The van der Waals surface area contributed by atoms with Crippen molar-refractivity contribution >= 4 is 32.3 Å². The number of fused-ring (bicyclic) bond motifs is 1. The number of sulfone groups is 1. The molecule has 1 saturated heterocycles. The van der Waals surface area contributed by atoms with Crippen LogP contribution in [0.2, 0.25) is 0 Å². The lowest BCUT2D eigenvalue weighted by Crippen LogP contribution is -2.32. The summed E-state index contributed by atoms with van der Waals surface area (Å²) in [6.45, 7) is 8.61. The third-order valence-corrected chi connectivity index (χ3v) is 9.16. The molecule has 198 valence electrons. The molecule has 4 aromatic rings. The number of carbonyl (C=O) groups is 1. The first-order valence-electron chi connectivity index (χ1n) is 12.9. The summed E-state index contributed by atoms with van der Waals surface area (Å²) in [6, 6.07) is 10.9. The van der Waals surface area contributed by atoms with Crippen LogP contribution in [0.5, 0.6) is 0 Å². The topological polar surface area (TPSA) is 121 Å². The maximum atomic E-state index is 13.1. The SMILES string of the molecule is CC1CCN(Cc2cncc(-c3ccc4[nH]nc(C(=O)Nc5ccc(S(=O)(=O)C(C)C)nc5)c4c3)c2)CC1. The van der Waals surface area contributed by atoms with E-state index in [2.05, 4.69) is 43.4 Å². The summed E-state index contributed by atoms with van der Waals surface area (Å²) in [5.74, 6) is 0.376. The van der Waals surface area contributed by atoms with Gasteiger partial charge in [0.25, 0.3) is 5.91 Å². The van der Waals surface area contributed by atoms with Crippen LogP contribution in [0.3, 0.4) is 0 Å². The number of benzene rings is 1. The lowest BCUT2D eigenvalue weighted by atomic mass is 9.98. The lowest BCUT2D eigenvalue weighted by molar-refractivity contribution is 0.102. The van der Waals surface area contributed by atoms with Crippen LogP contribution in [-0.4, -0.2) is 57.7 Å². The number of aromatic amines is 1. The summed E-state index contributed by atoms with van der Waals surface area (Å²) in [6.07, 6.45) is 7.55. The van der Waals surface area contributed by atoms with Gasteiger partial charge >= 0.3 is 0 Å². The van der Waals surface area contributed by atoms with E-state index in [0.717, 1.165) is 47.8 Å². The van der Waals surface area contributed by atoms with Gasteiger partial charge in [-0.25, -0.2) is 13.4 Å². The number of piperidine rings is 1. The predicted molar refractivity (Wildman–Crippen MR) is 148 cm³/mol. The predicted octanol–water partition coefficient (Wildman–Crippen LogP) is 4.69. The van der Waals surface area contributed by atoms with E-state index >= 15 is 0 Å². The molecule has 2 N–H and O–H groups in total. The molecule has 1 aliphatic heterocycles. The first-order valence-corrected chi connectivity index (χ1v) is 14.4. The van der Waals surface area contributed by atoms with Gasteiger partial charge in [-0.2, -0.15) is 5.10 Å². The standard InChI is InChI=1S/C28H32N6O3S/c1-18(2)38(36,37)26-7-5-23(16-30-26)31-28(35)27-24-13-21(4-6-25(24)32-33-27)22-12-20(14-29-15-22)17-34-10-8-19(3)9-11-34/h4-7,12-16,18-19H,8-11,17H2,1-3H3,(H,31,35)(H,32,33). The minimum Gasteiger partial charge on any atom is -0.319 e. The fourth-order valence-electron chi connectivity index (χ4n) is 4.63. The number of pyridine rings is 2. The Morgan fingerprint density at radius 1 is 1.08 bits per heavy atom. The van der Waals surface area contributed by atoms with Gasteiger partial charge in [0, 0.05) is 29.9 Å². The number of likely N-dealkylation sites (tertiary alicyclic amines) is 1. The molecular weight excluding hydrogens is 500 g/mol. The molecule has 9 nitrogen and oxygen atoms in total. The van der Waals surface area contributed by atoms with Crippen molar-refractivity contribution in [3.05, 3.63) is 66.2 Å². The van der Waals surface area contributed by atoms with Gasteiger partial charge in [-0.1, -0.05) is 13.0 Å². The average Bonchev–Trinajstić information content (AvgIpc) is 3.34. The van der Waals surface area contributed by atoms with Crippen molar-refractivity contribution in [2.24, 2.45) is 5.92 Å². The van der Waals surface area contributed by atoms with Crippen LogP contribution in [0.25, 0.3) is 22.0 Å². The molecule has 0 radical (unpaired) electrons. The average molecular weight is 533 g/mol. The third-order valence-electron chi connectivity index (χ3n) is 7.09. The van der Waals surface area contributed by atoms with E-state index in [4.69, 9.17) is 0 Å². The number of anilines is 1. The monoisotopic (exact) mass is 532 g/mol. The lowest BCUT2D eigenvalue weighted by Gasteiger charge is -2.30. The maximum absolute atomic E-state index is 13.1. The molecule has 1 aromatic carbocycles. The Hall–Kier alpha value is -3.63. The fraction of sp³-hybridized carbons (Fsp3) is 0.357. The van der Waals surface area contributed by atoms with Gasteiger partial charge in [0.05, 0.1) is 22.7 Å². The molecule has 5 rings (SSSR count). The highest BCUT2D eigenvalue weighted by Crippen LogP contribution is 2.27. The molecule has 0 unspecified atom stereocenters. The van der Waals surface area contributed by atoms with E-state index < -0.39 is 21.0 Å². The van der Waals surface area contributed by atoms with Gasteiger partial charge in [0.1, 0.15) is 0 Å². The number of nitrogens with one attached hydrogen (secondary N) is 2. The highest BCUT2D eigenvalue weighted by atomic mass is 32.2. The molecule has 0 spiro atoms. The molecule has 0 aliphatic carbocycles. The Labute approximate surface area is 222 Å². The van der Waals surface area contributed by atoms with Crippen molar-refractivity contribution in [1.29, 1.82) is 0 Å². The minimum atomic E-state index is -3.49. The van der Waals surface area contributed by atoms with E-state index in [0.29, 0.717) is 11.1 Å². The number of amides is 1. The summed E-state index contributed by atoms with van der Waals surface area (Å²) < 4.78 is 24.6. The van der Waals surface area contributed by atoms with E-state index in [1.165, 1.54) is 31.2 Å². The van der Waals surface area contributed by atoms with E-state index in [9.17, 15) is 13.2 Å². The van der Waals surface area contributed by atoms with Crippen LogP contribution in [-0.2, 0) is 16.4 Å². The number of carbonyl (C=O) groups excluding carboxylic acids is 1. The van der Waals surface area contributed by atoms with Crippen LogP contribution in [0.4, 0.5) is 5.69 Å². The van der Waals surface area contributed by atoms with Gasteiger partial charge in [0.15, 0.2) is 20.6 Å². The summed E-state index contributed by atoms with van der Waals surface area (Å²) in [5.41, 5.74) is 4.45. The maximum Gasteiger partial charge on any atom is 0.276 e. The van der Waals surface area contributed by atoms with Gasteiger partial charge in [-0.3, -0.25) is 19.8 Å². The number of nitrogens with zero attached hydrogens (tertiary/aromatic N) is 4. The Bertz CT molecular complexity index is 1560. The quantitative estimate of drug-likeness (QED) is 0.354. The van der Waals surface area contributed by atoms with Crippen molar-refractivity contribution in [2.45, 2.75) is 50.4 Å². The number of H-pyrrole nitrogens is 1. The van der Waals surface area contributed by atoms with Crippen LogP contribution in [0, 0.1) is 5.92 Å². The molecule has 3 aromatic heterocycles. The van der Waals surface area contributed by atoms with E-state index in [1.54, 1.807) is 13.8 Å².